The van der Waals surface area contributed by atoms with Gasteiger partial charge in [-0.1, -0.05) is 0 Å². The zero-order valence-corrected chi connectivity index (χ0v) is 16.6. The first-order valence-corrected chi connectivity index (χ1v) is 9.32. The van der Waals surface area contributed by atoms with Crippen molar-refractivity contribution in [3.8, 4) is 10.4 Å². The summed E-state index contributed by atoms with van der Waals surface area (Å²) >= 11 is 0.951. The first-order valence-electron chi connectivity index (χ1n) is 8.51. The van der Waals surface area contributed by atoms with Gasteiger partial charge >= 0.3 is 0 Å². The summed E-state index contributed by atoms with van der Waals surface area (Å²) in [6.45, 7) is 2.85. The summed E-state index contributed by atoms with van der Waals surface area (Å²) < 4.78 is 29.4. The third-order valence-electron chi connectivity index (χ3n) is 4.12. The first-order chi connectivity index (χ1) is 13.6. The van der Waals surface area contributed by atoms with Crippen LogP contribution in [0.2, 0.25) is 0 Å². The molecule has 10 heteroatoms. The molecule has 0 unspecified atom stereocenters. The molecule has 0 aliphatic carbocycles. The Morgan fingerprint density at radius 1 is 1.21 bits per heavy atom. The number of aromatic nitrogens is 2. The van der Waals surface area contributed by atoms with Gasteiger partial charge in [0.15, 0.2) is 5.82 Å². The molecule has 0 spiro atoms. The van der Waals surface area contributed by atoms with E-state index in [1.165, 1.54) is 39.1 Å². The van der Waals surface area contributed by atoms with Crippen molar-refractivity contribution in [3.05, 3.63) is 63.4 Å². The fourth-order valence-corrected chi connectivity index (χ4v) is 3.71. The summed E-state index contributed by atoms with van der Waals surface area (Å²) in [7, 11) is 1.43. The van der Waals surface area contributed by atoms with Crippen LogP contribution in [0.15, 0.2) is 35.1 Å². The molecule has 0 atom stereocenters. The molecule has 0 saturated heterocycles. The highest BCUT2D eigenvalue weighted by atomic mass is 32.1. The number of nitrogens with one attached hydrogen (secondary N) is 3. The lowest BCUT2D eigenvalue weighted by atomic mass is 9.96. The lowest BCUT2D eigenvalue weighted by Crippen LogP contribution is -2.18. The number of aromatic amines is 1. The second-order valence-electron chi connectivity index (χ2n) is 6.74. The molecule has 0 saturated carbocycles. The van der Waals surface area contributed by atoms with Gasteiger partial charge < -0.3 is 15.7 Å². The van der Waals surface area contributed by atoms with E-state index < -0.39 is 28.7 Å². The monoisotopic (exact) mass is 420 g/mol. The highest BCUT2D eigenvalue weighted by molar-refractivity contribution is 7.20. The maximum absolute atomic E-state index is 14.7. The normalized spacial score (nSPS) is 11.4. The van der Waals surface area contributed by atoms with E-state index in [0.717, 1.165) is 23.5 Å². The molecular formula is C19H18F2N4O3S. The lowest BCUT2D eigenvalue weighted by Gasteiger charge is -2.18. The van der Waals surface area contributed by atoms with Crippen LogP contribution in [-0.2, 0) is 5.60 Å². The summed E-state index contributed by atoms with van der Waals surface area (Å²) in [6.07, 6.45) is 0. The van der Waals surface area contributed by atoms with Gasteiger partial charge in [-0.15, -0.1) is 11.3 Å². The average molecular weight is 420 g/mol. The predicted octanol–water partition coefficient (Wildman–Crippen LogP) is 3.11. The fraction of sp³-hybridized carbons (Fsp3) is 0.211. The van der Waals surface area contributed by atoms with E-state index in [1.807, 2.05) is 0 Å². The van der Waals surface area contributed by atoms with Crippen molar-refractivity contribution in [3.63, 3.8) is 0 Å². The summed E-state index contributed by atoms with van der Waals surface area (Å²) in [5, 5.41) is 21.7. The quantitative estimate of drug-likeness (QED) is 0.507. The SMILES string of the molecule is CNC(=O)c1cc(-c2c(F)cc(C(C)(C)O)cc2F)sc1Nc1ccc(=O)[nH]n1. The van der Waals surface area contributed by atoms with Gasteiger partial charge in [0, 0.05) is 18.0 Å². The van der Waals surface area contributed by atoms with E-state index in [0.29, 0.717) is 5.00 Å². The number of thiophene rings is 1. The fourth-order valence-electron chi connectivity index (χ4n) is 2.60. The Hall–Kier alpha value is -3.11. The number of halogens is 2. The van der Waals surface area contributed by atoms with E-state index >= 15 is 0 Å². The minimum absolute atomic E-state index is 0.0927. The molecule has 2 heterocycles. The average Bonchev–Trinajstić information content (AvgIpc) is 3.05. The molecule has 1 aromatic carbocycles. The van der Waals surface area contributed by atoms with E-state index in [4.69, 9.17) is 0 Å². The molecule has 4 N–H and O–H groups in total. The van der Waals surface area contributed by atoms with Gasteiger partial charge in [0.05, 0.1) is 16.7 Å². The minimum Gasteiger partial charge on any atom is -0.386 e. The van der Waals surface area contributed by atoms with Gasteiger partial charge in [0.2, 0.25) is 0 Å². The van der Waals surface area contributed by atoms with E-state index in [1.54, 1.807) is 0 Å². The summed E-state index contributed by atoms with van der Waals surface area (Å²) in [5.74, 6) is -1.93. The number of hydrogen-bond acceptors (Lipinski definition) is 6. The largest absolute Gasteiger partial charge is 0.386 e. The van der Waals surface area contributed by atoms with Gasteiger partial charge in [0.1, 0.15) is 16.6 Å². The number of benzene rings is 1. The molecule has 0 fully saturated rings. The van der Waals surface area contributed by atoms with Gasteiger partial charge in [-0.2, -0.15) is 5.10 Å². The Kier molecular flexibility index (Phi) is 5.49. The third kappa shape index (κ3) is 4.33. The van der Waals surface area contributed by atoms with Crippen LogP contribution in [0.25, 0.3) is 10.4 Å². The van der Waals surface area contributed by atoms with Crippen LogP contribution in [0.4, 0.5) is 19.6 Å². The van der Waals surface area contributed by atoms with Gasteiger partial charge in [0.25, 0.3) is 11.5 Å². The van der Waals surface area contributed by atoms with Crippen molar-refractivity contribution in [1.29, 1.82) is 0 Å². The number of carbonyl (C=O) groups excluding carboxylic acids is 1. The van der Waals surface area contributed by atoms with Crippen LogP contribution in [0.1, 0.15) is 29.8 Å². The van der Waals surface area contributed by atoms with E-state index in [2.05, 4.69) is 20.8 Å². The van der Waals surface area contributed by atoms with Crippen molar-refractivity contribution in [1.82, 2.24) is 15.5 Å². The lowest BCUT2D eigenvalue weighted by molar-refractivity contribution is 0.0778. The number of H-pyrrole nitrogens is 1. The summed E-state index contributed by atoms with van der Waals surface area (Å²) in [6, 6.07) is 6.15. The maximum atomic E-state index is 14.7. The molecule has 0 aliphatic rings. The molecule has 152 valence electrons. The number of hydrogen-bond donors (Lipinski definition) is 4. The number of rotatable bonds is 5. The van der Waals surface area contributed by atoms with Crippen molar-refractivity contribution < 1.29 is 18.7 Å². The Morgan fingerprint density at radius 3 is 2.38 bits per heavy atom. The minimum atomic E-state index is -1.41. The highest BCUT2D eigenvalue weighted by Crippen LogP contribution is 2.40. The zero-order valence-electron chi connectivity index (χ0n) is 15.8. The Bertz CT molecular complexity index is 1090. The van der Waals surface area contributed by atoms with E-state index in [9.17, 15) is 23.5 Å². The topological polar surface area (TPSA) is 107 Å². The first kappa shape index (κ1) is 20.6. The number of anilines is 2. The molecule has 29 heavy (non-hydrogen) atoms. The van der Waals surface area contributed by atoms with Crippen LogP contribution >= 0.6 is 11.3 Å². The van der Waals surface area contributed by atoms with Crippen molar-refractivity contribution in [2.24, 2.45) is 0 Å². The van der Waals surface area contributed by atoms with Crippen LogP contribution < -0.4 is 16.2 Å². The van der Waals surface area contributed by atoms with Gasteiger partial charge in [-0.05, 0) is 43.7 Å². The van der Waals surface area contributed by atoms with Gasteiger partial charge in [-0.25, -0.2) is 13.9 Å². The number of aliphatic hydroxyl groups is 1. The second-order valence-corrected chi connectivity index (χ2v) is 7.79. The predicted molar refractivity (Wildman–Crippen MR) is 106 cm³/mol. The molecular weight excluding hydrogens is 402 g/mol. The van der Waals surface area contributed by atoms with Gasteiger partial charge in [-0.3, -0.25) is 9.59 Å². The number of nitrogens with zero attached hydrogens (tertiary/aromatic N) is 1. The Labute approximate surface area is 168 Å². The van der Waals surface area contributed by atoms with Crippen LogP contribution in [0.3, 0.4) is 0 Å². The summed E-state index contributed by atoms with van der Waals surface area (Å²) in [4.78, 5) is 23.6. The Balaban J connectivity index is 2.09. The summed E-state index contributed by atoms with van der Waals surface area (Å²) in [5.41, 5.74) is -1.87. The molecule has 7 nitrogen and oxygen atoms in total. The number of carbonyl (C=O) groups is 1. The van der Waals surface area contributed by atoms with Crippen LogP contribution in [0, 0.1) is 11.6 Å². The van der Waals surface area contributed by atoms with E-state index in [-0.39, 0.29) is 27.4 Å². The molecule has 0 radical (unpaired) electrons. The smallest absolute Gasteiger partial charge is 0.264 e. The molecule has 1 amide bonds. The third-order valence-corrected chi connectivity index (χ3v) is 5.19. The van der Waals surface area contributed by atoms with Crippen molar-refractivity contribution >= 4 is 28.1 Å². The highest BCUT2D eigenvalue weighted by Gasteiger charge is 2.24. The van der Waals surface area contributed by atoms with Crippen molar-refractivity contribution in [2.75, 3.05) is 12.4 Å². The van der Waals surface area contributed by atoms with Crippen molar-refractivity contribution in [2.45, 2.75) is 19.4 Å². The second kappa shape index (κ2) is 7.72. The Morgan fingerprint density at radius 2 is 1.86 bits per heavy atom. The zero-order chi connectivity index (χ0) is 21.3. The molecule has 3 rings (SSSR count). The molecule has 0 bridgehead atoms. The maximum Gasteiger partial charge on any atom is 0.264 e. The molecule has 2 aromatic heterocycles. The standard InChI is InChI=1S/C19H18F2N4O3S/c1-19(2,28)9-6-11(20)16(12(21)7-9)13-8-10(17(27)22-3)18(29-13)23-14-4-5-15(26)25-24-14/h4-8,28H,1-3H3,(H,22,27)(H,23,24)(H,25,26). The van der Waals surface area contributed by atoms with Crippen LogP contribution in [-0.4, -0.2) is 28.3 Å². The molecule has 3 aromatic rings. The van der Waals surface area contributed by atoms with Crippen LogP contribution in [0.5, 0.6) is 0 Å². The molecule has 0 aliphatic heterocycles. The number of amides is 1.